The van der Waals surface area contributed by atoms with Gasteiger partial charge in [0.1, 0.15) is 0 Å². The fraction of sp³-hybridized carbons (Fsp3) is 1.00. The molecule has 0 fully saturated rings. The molecule has 0 saturated carbocycles. The summed E-state index contributed by atoms with van der Waals surface area (Å²) in [4.78, 5) is 0. The molecule has 0 aliphatic carbocycles. The standard InChI is InChI=1S/C4H9O4S4.2Na/c5-11(9)8-3-1-2-4-12(6,7)10;;/h1-4H2,(H,6,7,10);;/q-1;2*+1/p-1. The predicted octanol–water partition coefficient (Wildman–Crippen LogP) is -5.99. The van der Waals surface area contributed by atoms with Crippen molar-refractivity contribution in [3.05, 3.63) is 0 Å². The molecule has 0 amide bonds. The average Bonchev–Trinajstić information content (AvgIpc) is 1.83. The molecule has 10 heteroatoms. The van der Waals surface area contributed by atoms with E-state index in [1.165, 1.54) is 0 Å². The van der Waals surface area contributed by atoms with Crippen LogP contribution in [0, 0.1) is 0 Å². The minimum atomic E-state index is -3.30. The van der Waals surface area contributed by atoms with Crippen molar-refractivity contribution in [3.8, 4) is 0 Å². The van der Waals surface area contributed by atoms with Crippen LogP contribution in [0.15, 0.2) is 0 Å². The third-order valence-corrected chi connectivity index (χ3v) is 2.90. The summed E-state index contributed by atoms with van der Waals surface area (Å²) in [6.45, 7) is 0.209. The van der Waals surface area contributed by atoms with Gasteiger partial charge in [0, 0.05) is 21.2 Å². The van der Waals surface area contributed by atoms with Crippen LogP contribution in [-0.2, 0) is 49.7 Å². The second-order valence-electron chi connectivity index (χ2n) is 2.00. The molecule has 0 unspecified atom stereocenters. The molecule has 0 spiro atoms. The fourth-order valence-corrected chi connectivity index (χ4v) is 1.88. The topological polar surface area (TPSA) is 60.4 Å². The molecule has 0 atom stereocenters. The summed E-state index contributed by atoms with van der Waals surface area (Å²) < 4.78 is 35.5. The van der Waals surface area contributed by atoms with Gasteiger partial charge in [-0.3, -0.25) is 8.42 Å². The zero-order valence-electron chi connectivity index (χ0n) is 8.09. The van der Waals surface area contributed by atoms with Gasteiger partial charge in [-0.25, -0.2) is 11.2 Å². The van der Waals surface area contributed by atoms with Gasteiger partial charge < -0.3 is 20.1 Å². The van der Waals surface area contributed by atoms with Crippen molar-refractivity contribution in [1.82, 2.24) is 0 Å². The van der Waals surface area contributed by atoms with Gasteiger partial charge in [-0.05, 0) is 12.8 Å². The molecule has 0 aromatic rings. The van der Waals surface area contributed by atoms with Crippen LogP contribution in [-0.4, -0.2) is 20.8 Å². The van der Waals surface area contributed by atoms with E-state index in [2.05, 4.69) is 27.0 Å². The van der Waals surface area contributed by atoms with Gasteiger partial charge in [-0.1, -0.05) is 9.64 Å². The molecule has 0 aliphatic heterocycles. The van der Waals surface area contributed by atoms with Gasteiger partial charge in [-0.15, -0.1) is 0 Å². The first-order chi connectivity index (χ1) is 5.42. The van der Waals surface area contributed by atoms with Gasteiger partial charge in [0.15, 0.2) is 0 Å². The van der Waals surface area contributed by atoms with Crippen molar-refractivity contribution in [1.29, 1.82) is 0 Å². The van der Waals surface area contributed by atoms with Crippen LogP contribution in [0.3, 0.4) is 0 Å². The van der Waals surface area contributed by atoms with Crippen LogP contribution >= 0.6 is 0 Å². The van der Waals surface area contributed by atoms with Crippen molar-refractivity contribution in [2.75, 3.05) is 12.4 Å². The molecular formula is C4H8Na2O4S4. The summed E-state index contributed by atoms with van der Waals surface area (Å²) in [5, 5.41) is 0. The molecule has 0 bridgehead atoms. The van der Waals surface area contributed by atoms with E-state index < -0.39 is 18.5 Å². The second kappa shape index (κ2) is 12.1. The molecule has 74 valence electrons. The Balaban J connectivity index is -0.000000605. The Kier molecular flexibility index (Phi) is 18.9. The van der Waals surface area contributed by atoms with Crippen LogP contribution < -0.4 is 59.1 Å². The Bertz CT molecular complexity index is 278. The molecule has 0 aliphatic rings. The summed E-state index contributed by atoms with van der Waals surface area (Å²) >= 11 is 8.35. The Morgan fingerprint density at radius 3 is 2.14 bits per heavy atom. The molecule has 0 saturated heterocycles. The van der Waals surface area contributed by atoms with E-state index >= 15 is 0 Å². The third kappa shape index (κ3) is 20.1. The van der Waals surface area contributed by atoms with Crippen molar-refractivity contribution in [3.63, 3.8) is 0 Å². The maximum Gasteiger partial charge on any atom is 1.00 e. The van der Waals surface area contributed by atoms with E-state index in [0.717, 1.165) is 0 Å². The molecule has 0 heterocycles. The van der Waals surface area contributed by atoms with E-state index in [-0.39, 0.29) is 71.5 Å². The smallest absolute Gasteiger partial charge is 0.649 e. The molecule has 0 rings (SSSR count). The average molecular weight is 294 g/mol. The quantitative estimate of drug-likeness (QED) is 0.210. The molecular weight excluding hydrogens is 286 g/mol. The number of hydrogen-bond acceptors (Lipinski definition) is 7. The van der Waals surface area contributed by atoms with Crippen molar-refractivity contribution in [2.24, 2.45) is 0 Å². The molecule has 0 radical (unpaired) electrons. The summed E-state index contributed by atoms with van der Waals surface area (Å²) in [6.07, 6.45) is 0.913. The van der Waals surface area contributed by atoms with Crippen molar-refractivity contribution < 1.29 is 75.9 Å². The fourth-order valence-electron chi connectivity index (χ4n) is 0.508. The van der Waals surface area contributed by atoms with Gasteiger partial charge in [0.25, 0.3) is 0 Å². The van der Waals surface area contributed by atoms with Gasteiger partial charge in [-0.2, -0.15) is 0 Å². The number of rotatable bonds is 6. The van der Waals surface area contributed by atoms with Crippen LogP contribution in [0.25, 0.3) is 0 Å². The van der Waals surface area contributed by atoms with Gasteiger partial charge >= 0.3 is 59.1 Å². The minimum Gasteiger partial charge on any atom is -0.649 e. The molecule has 0 aromatic heterocycles. The Morgan fingerprint density at radius 1 is 1.29 bits per heavy atom. The minimum absolute atomic E-state index is 0. The molecule has 0 aromatic carbocycles. The van der Waals surface area contributed by atoms with E-state index in [1.54, 1.807) is 0 Å². The van der Waals surface area contributed by atoms with Crippen LogP contribution in [0.5, 0.6) is 0 Å². The summed E-state index contributed by atoms with van der Waals surface area (Å²) in [6, 6.07) is 0. The molecule has 4 nitrogen and oxygen atoms in total. The monoisotopic (exact) mass is 294 g/mol. The second-order valence-corrected chi connectivity index (χ2v) is 6.50. The Labute approximate surface area is 140 Å². The third-order valence-electron chi connectivity index (χ3n) is 0.968. The zero-order valence-corrected chi connectivity index (χ0v) is 15.4. The summed E-state index contributed by atoms with van der Waals surface area (Å²) in [5.74, 6) is -0.0459. The predicted molar refractivity (Wildman–Crippen MR) is 51.8 cm³/mol. The molecule has 0 N–H and O–H groups in total. The Hall–Kier alpha value is 2.63. The van der Waals surface area contributed by atoms with Gasteiger partial charge in [0.05, 0.1) is 0 Å². The molecule has 14 heavy (non-hydrogen) atoms. The number of unbranched alkanes of at least 4 members (excludes halogenated alkanes) is 1. The van der Waals surface area contributed by atoms with E-state index in [4.69, 9.17) is 0 Å². The summed E-state index contributed by atoms with van der Waals surface area (Å²) in [7, 11) is -4.98. The van der Waals surface area contributed by atoms with E-state index in [0.29, 0.717) is 12.8 Å². The largest absolute Gasteiger partial charge is 1.00 e. The Morgan fingerprint density at radius 2 is 1.79 bits per heavy atom. The van der Waals surface area contributed by atoms with Gasteiger partial charge in [0.2, 0.25) is 0 Å². The maximum absolute atomic E-state index is 10.4. The number of hydrogen-bond donors (Lipinski definition) is 0. The van der Waals surface area contributed by atoms with Crippen LogP contribution in [0.1, 0.15) is 12.8 Å². The van der Waals surface area contributed by atoms with Crippen LogP contribution in [0.4, 0.5) is 0 Å². The SMILES string of the molecule is O=[S-](=S)OCCCCS(=O)(=O)[S-].[Na+].[Na+]. The zero-order chi connectivity index (χ0) is 9.61. The maximum atomic E-state index is 10.4. The van der Waals surface area contributed by atoms with E-state index in [9.17, 15) is 12.6 Å². The first-order valence-electron chi connectivity index (χ1n) is 3.08. The normalized spacial score (nSPS) is 10.4. The first-order valence-corrected chi connectivity index (χ1v) is 7.65. The summed E-state index contributed by atoms with van der Waals surface area (Å²) in [5.41, 5.74) is 0. The van der Waals surface area contributed by atoms with Crippen molar-refractivity contribution in [2.45, 2.75) is 12.8 Å². The first kappa shape index (κ1) is 21.9. The van der Waals surface area contributed by atoms with Crippen molar-refractivity contribution >= 4 is 41.4 Å². The van der Waals surface area contributed by atoms with E-state index in [1.807, 2.05) is 0 Å². The van der Waals surface area contributed by atoms with Crippen LogP contribution in [0.2, 0.25) is 0 Å².